The van der Waals surface area contributed by atoms with E-state index in [1.165, 1.54) is 0 Å². The number of amides is 2. The van der Waals surface area contributed by atoms with Crippen LogP contribution in [0, 0.1) is 11.3 Å². The second kappa shape index (κ2) is 10.1. The number of carbonyl (C=O) groups excluding carboxylic acids is 2. The standard InChI is InChI=1S/C28H34N2O5/c1-4-5-14-24(25(31)30-15-18(2)28(3,17-30)26(32)33)29-27(34)35-16-23-21-12-8-6-10-19(21)20-11-7-9-13-22(20)23/h6-13,18,23-24H,4-5,14-17H2,1-3H3,(H,29,34)(H,32,33)/t18-,24+,28-/m1/s1. The van der Waals surface area contributed by atoms with Crippen molar-refractivity contribution in [3.8, 4) is 11.1 Å². The van der Waals surface area contributed by atoms with Gasteiger partial charge in [-0.2, -0.15) is 0 Å². The lowest BCUT2D eigenvalue weighted by Gasteiger charge is -2.26. The molecule has 0 spiro atoms. The van der Waals surface area contributed by atoms with Gasteiger partial charge in [0, 0.05) is 19.0 Å². The Hall–Kier alpha value is -3.35. The van der Waals surface area contributed by atoms with E-state index in [0.717, 1.165) is 35.1 Å². The molecule has 0 aromatic heterocycles. The molecule has 0 bridgehead atoms. The van der Waals surface area contributed by atoms with E-state index >= 15 is 0 Å². The number of nitrogens with zero attached hydrogens (tertiary/aromatic N) is 1. The number of ether oxygens (including phenoxy) is 1. The molecular weight excluding hydrogens is 444 g/mol. The maximum Gasteiger partial charge on any atom is 0.407 e. The van der Waals surface area contributed by atoms with Crippen LogP contribution in [-0.2, 0) is 14.3 Å². The number of carboxylic acid groups (broad SMARTS) is 1. The summed E-state index contributed by atoms with van der Waals surface area (Å²) in [4.78, 5) is 39.5. The van der Waals surface area contributed by atoms with Crippen LogP contribution in [-0.4, -0.2) is 53.7 Å². The van der Waals surface area contributed by atoms with Crippen molar-refractivity contribution >= 4 is 18.0 Å². The number of fused-ring (bicyclic) bond motifs is 3. The van der Waals surface area contributed by atoms with Gasteiger partial charge >= 0.3 is 12.1 Å². The molecule has 186 valence electrons. The molecule has 4 rings (SSSR count). The van der Waals surface area contributed by atoms with Gasteiger partial charge in [-0.05, 0) is 41.5 Å². The number of unbranched alkanes of at least 4 members (excludes halogenated alkanes) is 1. The van der Waals surface area contributed by atoms with Crippen LogP contribution < -0.4 is 5.32 Å². The summed E-state index contributed by atoms with van der Waals surface area (Å²) in [5.41, 5.74) is 3.56. The van der Waals surface area contributed by atoms with Crippen LogP contribution in [0.2, 0.25) is 0 Å². The van der Waals surface area contributed by atoms with Gasteiger partial charge in [0.15, 0.2) is 0 Å². The zero-order valence-electron chi connectivity index (χ0n) is 20.6. The number of nitrogens with one attached hydrogen (secondary N) is 1. The van der Waals surface area contributed by atoms with Gasteiger partial charge in [0.05, 0.1) is 5.41 Å². The lowest BCUT2D eigenvalue weighted by atomic mass is 9.81. The van der Waals surface area contributed by atoms with E-state index in [9.17, 15) is 19.5 Å². The highest BCUT2D eigenvalue weighted by Crippen LogP contribution is 2.44. The first-order chi connectivity index (χ1) is 16.8. The topological polar surface area (TPSA) is 95.9 Å². The normalized spacial score (nSPS) is 21.8. The van der Waals surface area contributed by atoms with Crippen LogP contribution >= 0.6 is 0 Å². The first kappa shape index (κ1) is 24.8. The molecule has 3 atom stereocenters. The Labute approximate surface area is 206 Å². The molecule has 0 saturated carbocycles. The molecule has 2 amide bonds. The van der Waals surface area contributed by atoms with Crippen molar-refractivity contribution < 1.29 is 24.2 Å². The monoisotopic (exact) mass is 478 g/mol. The zero-order valence-corrected chi connectivity index (χ0v) is 20.6. The highest BCUT2D eigenvalue weighted by atomic mass is 16.5. The number of hydrogen-bond acceptors (Lipinski definition) is 4. The third kappa shape index (κ3) is 4.77. The summed E-state index contributed by atoms with van der Waals surface area (Å²) in [7, 11) is 0. The molecule has 0 unspecified atom stereocenters. The highest BCUT2D eigenvalue weighted by Gasteiger charge is 2.48. The minimum Gasteiger partial charge on any atom is -0.481 e. The van der Waals surface area contributed by atoms with Crippen molar-refractivity contribution in [1.82, 2.24) is 10.2 Å². The average Bonchev–Trinajstić information content (AvgIpc) is 3.34. The number of likely N-dealkylation sites (tertiary alicyclic amines) is 1. The summed E-state index contributed by atoms with van der Waals surface area (Å²) in [5.74, 6) is -1.39. The highest BCUT2D eigenvalue weighted by molar-refractivity contribution is 5.87. The van der Waals surface area contributed by atoms with Crippen molar-refractivity contribution in [2.45, 2.75) is 52.0 Å². The predicted molar refractivity (Wildman–Crippen MR) is 133 cm³/mol. The van der Waals surface area contributed by atoms with Gasteiger partial charge in [-0.1, -0.05) is 75.2 Å². The molecule has 1 heterocycles. The van der Waals surface area contributed by atoms with Gasteiger partial charge in [0.1, 0.15) is 12.6 Å². The molecule has 2 aromatic rings. The fraction of sp³-hybridized carbons (Fsp3) is 0.464. The molecule has 1 saturated heterocycles. The van der Waals surface area contributed by atoms with Crippen molar-refractivity contribution in [3.05, 3.63) is 59.7 Å². The van der Waals surface area contributed by atoms with E-state index < -0.39 is 23.5 Å². The number of alkyl carbamates (subject to hydrolysis) is 1. The number of carbonyl (C=O) groups is 3. The average molecular weight is 479 g/mol. The van der Waals surface area contributed by atoms with E-state index in [1.807, 2.05) is 38.1 Å². The number of benzene rings is 2. The van der Waals surface area contributed by atoms with E-state index in [0.29, 0.717) is 13.0 Å². The van der Waals surface area contributed by atoms with E-state index in [4.69, 9.17) is 4.74 Å². The molecule has 1 aliphatic carbocycles. The molecule has 7 heteroatoms. The van der Waals surface area contributed by atoms with Crippen LogP contribution in [0.15, 0.2) is 48.5 Å². The number of rotatable bonds is 8. The van der Waals surface area contributed by atoms with Gasteiger partial charge in [0.2, 0.25) is 5.91 Å². The Morgan fingerprint density at radius 3 is 2.26 bits per heavy atom. The minimum atomic E-state index is -0.991. The fourth-order valence-corrected chi connectivity index (χ4v) is 5.26. The van der Waals surface area contributed by atoms with E-state index in [1.54, 1.807) is 11.8 Å². The molecule has 2 aliphatic rings. The Morgan fingerprint density at radius 2 is 1.71 bits per heavy atom. The lowest BCUT2D eigenvalue weighted by molar-refractivity contribution is -0.149. The molecule has 1 aliphatic heterocycles. The van der Waals surface area contributed by atoms with Crippen LogP contribution in [0.5, 0.6) is 0 Å². The summed E-state index contributed by atoms with van der Waals surface area (Å²) >= 11 is 0. The third-order valence-corrected chi connectivity index (χ3v) is 7.68. The molecule has 0 radical (unpaired) electrons. The first-order valence-electron chi connectivity index (χ1n) is 12.4. The molecule has 2 N–H and O–H groups in total. The Bertz CT molecular complexity index is 1070. The Balaban J connectivity index is 1.43. The summed E-state index contributed by atoms with van der Waals surface area (Å²) in [6.45, 7) is 6.21. The minimum absolute atomic E-state index is 0.0614. The summed E-state index contributed by atoms with van der Waals surface area (Å²) in [6.07, 6.45) is 1.49. The summed E-state index contributed by atoms with van der Waals surface area (Å²) in [5, 5.41) is 12.4. The van der Waals surface area contributed by atoms with Crippen LogP contribution in [0.1, 0.15) is 57.1 Å². The maximum absolute atomic E-state index is 13.3. The van der Waals surface area contributed by atoms with Crippen molar-refractivity contribution in [2.75, 3.05) is 19.7 Å². The van der Waals surface area contributed by atoms with Crippen LogP contribution in [0.4, 0.5) is 4.79 Å². The fourth-order valence-electron chi connectivity index (χ4n) is 5.26. The van der Waals surface area contributed by atoms with Crippen molar-refractivity contribution in [1.29, 1.82) is 0 Å². The maximum atomic E-state index is 13.3. The number of aliphatic carboxylic acids is 1. The molecule has 7 nitrogen and oxygen atoms in total. The lowest BCUT2D eigenvalue weighted by Crippen LogP contribution is -2.49. The second-order valence-corrected chi connectivity index (χ2v) is 10.0. The van der Waals surface area contributed by atoms with E-state index in [2.05, 4.69) is 29.6 Å². The first-order valence-corrected chi connectivity index (χ1v) is 12.4. The quantitative estimate of drug-likeness (QED) is 0.576. The number of hydrogen-bond donors (Lipinski definition) is 2. The van der Waals surface area contributed by atoms with Gasteiger partial charge < -0.3 is 20.1 Å². The zero-order chi connectivity index (χ0) is 25.2. The van der Waals surface area contributed by atoms with Gasteiger partial charge in [-0.3, -0.25) is 9.59 Å². The summed E-state index contributed by atoms with van der Waals surface area (Å²) in [6, 6.07) is 15.5. The molecular formula is C28H34N2O5. The summed E-state index contributed by atoms with van der Waals surface area (Å²) < 4.78 is 5.65. The van der Waals surface area contributed by atoms with Gasteiger partial charge in [0.25, 0.3) is 0 Å². The van der Waals surface area contributed by atoms with Gasteiger partial charge in [-0.25, -0.2) is 4.79 Å². The predicted octanol–water partition coefficient (Wildman–Crippen LogP) is 4.65. The van der Waals surface area contributed by atoms with Crippen LogP contribution in [0.3, 0.4) is 0 Å². The van der Waals surface area contributed by atoms with Crippen molar-refractivity contribution in [2.24, 2.45) is 11.3 Å². The Kier molecular flexibility index (Phi) is 7.15. The van der Waals surface area contributed by atoms with Crippen LogP contribution in [0.25, 0.3) is 11.1 Å². The second-order valence-electron chi connectivity index (χ2n) is 10.0. The van der Waals surface area contributed by atoms with Crippen molar-refractivity contribution in [3.63, 3.8) is 0 Å². The van der Waals surface area contributed by atoms with Gasteiger partial charge in [-0.15, -0.1) is 0 Å². The molecule has 1 fully saturated rings. The number of carboxylic acids is 1. The van der Waals surface area contributed by atoms with E-state index in [-0.39, 0.29) is 30.9 Å². The largest absolute Gasteiger partial charge is 0.481 e. The SMILES string of the molecule is CCCC[C@H](NC(=O)OCC1c2ccccc2-c2ccccc21)C(=O)N1C[C@@H](C)[C@](C)(C(=O)O)C1. The molecule has 2 aromatic carbocycles. The molecule has 35 heavy (non-hydrogen) atoms. The smallest absolute Gasteiger partial charge is 0.407 e. The Morgan fingerprint density at radius 1 is 1.11 bits per heavy atom. The third-order valence-electron chi connectivity index (χ3n) is 7.68.